The van der Waals surface area contributed by atoms with E-state index in [1.165, 1.54) is 12.5 Å². The van der Waals surface area contributed by atoms with Crippen molar-refractivity contribution in [1.82, 2.24) is 10.2 Å². The van der Waals surface area contributed by atoms with Crippen molar-refractivity contribution in [3.8, 4) is 0 Å². The minimum Gasteiger partial charge on any atom is -0.313 e. The van der Waals surface area contributed by atoms with E-state index in [1.54, 1.807) is 6.07 Å². The number of nitrogens with zero attached hydrogens (tertiary/aromatic N) is 1. The summed E-state index contributed by atoms with van der Waals surface area (Å²) in [6.45, 7) is 8.57. The molecule has 1 N–H and O–H groups in total. The molecule has 0 bridgehead atoms. The summed E-state index contributed by atoms with van der Waals surface area (Å²) < 4.78 is 13.2. The zero-order valence-electron chi connectivity index (χ0n) is 12.3. The lowest BCUT2D eigenvalue weighted by Crippen LogP contribution is -2.38. The van der Waals surface area contributed by atoms with Crippen LogP contribution in [0.15, 0.2) is 18.2 Å². The van der Waals surface area contributed by atoms with Gasteiger partial charge in [0.2, 0.25) is 0 Å². The Bertz CT molecular complexity index is 436. The fraction of sp³-hybridized carbons (Fsp3) is 0.625. The zero-order chi connectivity index (χ0) is 14.5. The first-order valence-electron chi connectivity index (χ1n) is 7.44. The summed E-state index contributed by atoms with van der Waals surface area (Å²) in [5.74, 6) is 0.360. The minimum atomic E-state index is -0.342. The molecule has 2 nitrogen and oxygen atoms in total. The van der Waals surface area contributed by atoms with Crippen LogP contribution >= 0.6 is 11.6 Å². The van der Waals surface area contributed by atoms with E-state index in [0.717, 1.165) is 38.2 Å². The maximum atomic E-state index is 13.2. The predicted octanol–water partition coefficient (Wildman–Crippen LogP) is 3.69. The Balaban J connectivity index is 1.97. The van der Waals surface area contributed by atoms with Gasteiger partial charge in [-0.25, -0.2) is 4.39 Å². The van der Waals surface area contributed by atoms with Crippen molar-refractivity contribution >= 4 is 11.6 Å². The predicted molar refractivity (Wildman–Crippen MR) is 82.5 cm³/mol. The highest BCUT2D eigenvalue weighted by molar-refractivity contribution is 6.30. The molecule has 4 heteroatoms. The first kappa shape index (κ1) is 15.7. The second kappa shape index (κ2) is 7.39. The molecule has 1 aliphatic heterocycles. The van der Waals surface area contributed by atoms with E-state index in [0.29, 0.717) is 12.0 Å². The van der Waals surface area contributed by atoms with Crippen LogP contribution in [0.3, 0.4) is 0 Å². The van der Waals surface area contributed by atoms with Crippen LogP contribution in [0.25, 0.3) is 0 Å². The summed E-state index contributed by atoms with van der Waals surface area (Å²) in [5, 5.41) is 3.84. The second-order valence-corrected chi connectivity index (χ2v) is 6.52. The maximum Gasteiger partial charge on any atom is 0.141 e. The van der Waals surface area contributed by atoms with E-state index in [1.807, 2.05) is 6.07 Å². The molecule has 1 heterocycles. The van der Waals surface area contributed by atoms with E-state index in [4.69, 9.17) is 11.6 Å². The number of hydrogen-bond acceptors (Lipinski definition) is 2. The molecule has 0 aliphatic carbocycles. The molecule has 0 spiro atoms. The van der Waals surface area contributed by atoms with Crippen molar-refractivity contribution < 1.29 is 4.39 Å². The van der Waals surface area contributed by atoms with Gasteiger partial charge < -0.3 is 5.32 Å². The molecule has 20 heavy (non-hydrogen) atoms. The third-order valence-corrected chi connectivity index (χ3v) is 4.00. The van der Waals surface area contributed by atoms with E-state index in [9.17, 15) is 4.39 Å². The van der Waals surface area contributed by atoms with Crippen LogP contribution in [0.4, 0.5) is 4.39 Å². The van der Waals surface area contributed by atoms with E-state index in [2.05, 4.69) is 24.1 Å². The molecule has 1 aliphatic rings. The van der Waals surface area contributed by atoms with Gasteiger partial charge >= 0.3 is 0 Å². The lowest BCUT2D eigenvalue weighted by Gasteiger charge is -2.25. The highest BCUT2D eigenvalue weighted by atomic mass is 35.5. The molecule has 1 atom stereocenters. The normalized spacial score (nSPS) is 21.1. The molecule has 0 aromatic heterocycles. The van der Waals surface area contributed by atoms with Crippen LogP contribution in [-0.4, -0.2) is 30.6 Å². The van der Waals surface area contributed by atoms with E-state index >= 15 is 0 Å². The summed E-state index contributed by atoms with van der Waals surface area (Å²) in [7, 11) is 0. The van der Waals surface area contributed by atoms with Crippen LogP contribution in [0.1, 0.15) is 32.3 Å². The molecule has 1 fully saturated rings. The van der Waals surface area contributed by atoms with Crippen molar-refractivity contribution in [2.75, 3.05) is 19.6 Å². The van der Waals surface area contributed by atoms with Crippen LogP contribution < -0.4 is 5.32 Å². The van der Waals surface area contributed by atoms with Crippen molar-refractivity contribution in [1.29, 1.82) is 0 Å². The van der Waals surface area contributed by atoms with Crippen LogP contribution in [0.2, 0.25) is 5.02 Å². The van der Waals surface area contributed by atoms with Gasteiger partial charge in [0.15, 0.2) is 0 Å². The van der Waals surface area contributed by atoms with Crippen molar-refractivity contribution in [3.05, 3.63) is 34.6 Å². The molecule has 0 amide bonds. The Morgan fingerprint density at radius 1 is 1.45 bits per heavy atom. The van der Waals surface area contributed by atoms with Gasteiger partial charge in [-0.3, -0.25) is 4.90 Å². The first-order valence-corrected chi connectivity index (χ1v) is 7.82. The second-order valence-electron chi connectivity index (χ2n) is 6.12. The topological polar surface area (TPSA) is 15.3 Å². The lowest BCUT2D eigenvalue weighted by atomic mass is 10.0. The van der Waals surface area contributed by atoms with Gasteiger partial charge in [0, 0.05) is 19.1 Å². The number of halogens is 2. The van der Waals surface area contributed by atoms with E-state index < -0.39 is 0 Å². The fourth-order valence-electron chi connectivity index (χ4n) is 2.84. The monoisotopic (exact) mass is 298 g/mol. The van der Waals surface area contributed by atoms with Crippen molar-refractivity contribution in [2.24, 2.45) is 5.92 Å². The van der Waals surface area contributed by atoms with Gasteiger partial charge in [-0.15, -0.1) is 0 Å². The van der Waals surface area contributed by atoms with Crippen molar-refractivity contribution in [2.45, 2.75) is 39.3 Å². The Labute approximate surface area is 126 Å². The summed E-state index contributed by atoms with van der Waals surface area (Å²) in [4.78, 5) is 2.44. The summed E-state index contributed by atoms with van der Waals surface area (Å²) in [5.41, 5.74) is 1.08. The molecular weight excluding hydrogens is 275 g/mol. The standard InChI is InChI=1S/C16H24ClFN2/c1-12(2)8-14-11-20(7-3-6-19-14)10-13-4-5-16(18)15(17)9-13/h4-5,9,12,14,19H,3,6-8,10-11H2,1-2H3. The molecule has 1 unspecified atom stereocenters. The molecule has 0 saturated carbocycles. The number of hydrogen-bond donors (Lipinski definition) is 1. The highest BCUT2D eigenvalue weighted by Crippen LogP contribution is 2.18. The maximum absolute atomic E-state index is 13.2. The largest absolute Gasteiger partial charge is 0.313 e. The number of benzene rings is 1. The molecule has 2 rings (SSSR count). The van der Waals surface area contributed by atoms with E-state index in [-0.39, 0.29) is 10.8 Å². The summed E-state index contributed by atoms with van der Waals surface area (Å²) in [6, 6.07) is 5.58. The van der Waals surface area contributed by atoms with Gasteiger partial charge in [0.1, 0.15) is 5.82 Å². The summed E-state index contributed by atoms with van der Waals surface area (Å²) in [6.07, 6.45) is 2.35. The minimum absolute atomic E-state index is 0.217. The van der Waals surface area contributed by atoms with Crippen LogP contribution in [0.5, 0.6) is 0 Å². The lowest BCUT2D eigenvalue weighted by molar-refractivity contribution is 0.247. The van der Waals surface area contributed by atoms with Gasteiger partial charge in [-0.05, 0) is 49.5 Å². The Kier molecular flexibility index (Phi) is 5.82. The molecule has 112 valence electrons. The molecular formula is C16H24ClFN2. The Hall–Kier alpha value is -0.640. The smallest absolute Gasteiger partial charge is 0.141 e. The molecule has 1 aromatic rings. The first-order chi connectivity index (χ1) is 9.54. The quantitative estimate of drug-likeness (QED) is 0.912. The Morgan fingerprint density at radius 3 is 2.95 bits per heavy atom. The Morgan fingerprint density at radius 2 is 2.25 bits per heavy atom. The molecule has 0 radical (unpaired) electrons. The number of nitrogens with one attached hydrogen (secondary N) is 1. The average Bonchev–Trinajstić information content (AvgIpc) is 2.58. The highest BCUT2D eigenvalue weighted by Gasteiger charge is 2.18. The van der Waals surface area contributed by atoms with Crippen LogP contribution in [-0.2, 0) is 6.54 Å². The molecule has 1 saturated heterocycles. The van der Waals surface area contributed by atoms with Crippen LogP contribution in [0, 0.1) is 11.7 Å². The van der Waals surface area contributed by atoms with Crippen molar-refractivity contribution in [3.63, 3.8) is 0 Å². The average molecular weight is 299 g/mol. The third-order valence-electron chi connectivity index (χ3n) is 3.71. The van der Waals surface area contributed by atoms with Gasteiger partial charge in [-0.1, -0.05) is 31.5 Å². The molecule has 1 aromatic carbocycles. The summed E-state index contributed by atoms with van der Waals surface area (Å²) >= 11 is 5.86. The van der Waals surface area contributed by atoms with Gasteiger partial charge in [0.25, 0.3) is 0 Å². The number of rotatable bonds is 4. The fourth-order valence-corrected chi connectivity index (χ4v) is 3.05. The van der Waals surface area contributed by atoms with Gasteiger partial charge in [-0.2, -0.15) is 0 Å². The van der Waals surface area contributed by atoms with Gasteiger partial charge in [0.05, 0.1) is 5.02 Å². The third kappa shape index (κ3) is 4.72. The zero-order valence-corrected chi connectivity index (χ0v) is 13.1. The SMILES string of the molecule is CC(C)CC1CN(Cc2ccc(F)c(Cl)c2)CCCN1.